The van der Waals surface area contributed by atoms with E-state index < -0.39 is 0 Å². The van der Waals surface area contributed by atoms with Crippen LogP contribution in [0.3, 0.4) is 0 Å². The molecule has 4 heteroatoms. The highest BCUT2D eigenvalue weighted by Gasteiger charge is 2.10. The summed E-state index contributed by atoms with van der Waals surface area (Å²) in [7, 11) is 4.59. The molecule has 0 saturated heterocycles. The van der Waals surface area contributed by atoms with Crippen LogP contribution in [0.5, 0.6) is 0 Å². The molecule has 0 saturated carbocycles. The second kappa shape index (κ2) is 18.2. The summed E-state index contributed by atoms with van der Waals surface area (Å²) in [6, 6.07) is 0. The summed E-state index contributed by atoms with van der Waals surface area (Å²) in [5.74, 6) is 0. The van der Waals surface area contributed by atoms with Gasteiger partial charge in [-0.05, 0) is 18.9 Å². The van der Waals surface area contributed by atoms with Gasteiger partial charge in [0.1, 0.15) is 0 Å². The Balaban J connectivity index is -0.000000375. The van der Waals surface area contributed by atoms with Crippen LogP contribution in [0.15, 0.2) is 12.7 Å². The number of hydrogen-bond donors (Lipinski definition) is 1. The number of halogens is 2. The van der Waals surface area contributed by atoms with Gasteiger partial charge >= 0.3 is 0 Å². The van der Waals surface area contributed by atoms with Gasteiger partial charge in [0.15, 0.2) is 0 Å². The van der Waals surface area contributed by atoms with Crippen LogP contribution in [-0.2, 0) is 0 Å². The van der Waals surface area contributed by atoms with E-state index in [2.05, 4.69) is 27.6 Å². The van der Waals surface area contributed by atoms with E-state index in [-0.39, 0.29) is 31.0 Å². The van der Waals surface area contributed by atoms with E-state index in [9.17, 15) is 0 Å². The van der Waals surface area contributed by atoms with Gasteiger partial charge in [0.2, 0.25) is 0 Å². The molecule has 120 valence electrons. The predicted octanol–water partition coefficient (Wildman–Crippen LogP) is 1.98. The van der Waals surface area contributed by atoms with Crippen molar-refractivity contribution < 1.29 is 16.9 Å². The fraction of sp³-hybridized carbons (Fsp3) is 0.867. The third-order valence-electron chi connectivity index (χ3n) is 3.24. The zero-order chi connectivity index (χ0) is 12.3. The standard InChI is InChI=1S/C15H32N.2ClH.H3N/c1-5-7-8-9-10-11-12-13-15-16(3,4)14-6-2;;;/h6H,2,5,7-15H2,1,3-4H3;2*1H;1H3/q+1;;;/p-1. The van der Waals surface area contributed by atoms with E-state index in [4.69, 9.17) is 0 Å². The summed E-state index contributed by atoms with van der Waals surface area (Å²) in [5, 5.41) is 0. The van der Waals surface area contributed by atoms with Crippen molar-refractivity contribution in [2.75, 3.05) is 27.2 Å². The zero-order valence-electron chi connectivity index (χ0n) is 13.3. The number of unbranched alkanes of at least 4 members (excludes halogenated alkanes) is 7. The van der Waals surface area contributed by atoms with Crippen molar-refractivity contribution in [3.63, 3.8) is 0 Å². The van der Waals surface area contributed by atoms with Gasteiger partial charge in [-0.15, -0.1) is 12.4 Å². The van der Waals surface area contributed by atoms with Gasteiger partial charge in [0, 0.05) is 0 Å². The molecule has 0 aliphatic carbocycles. The Morgan fingerprint density at radius 3 is 1.74 bits per heavy atom. The van der Waals surface area contributed by atoms with E-state index in [0.29, 0.717) is 0 Å². The smallest absolute Gasteiger partial charge is 0.0966 e. The van der Waals surface area contributed by atoms with Crippen LogP contribution in [0.2, 0.25) is 0 Å². The summed E-state index contributed by atoms with van der Waals surface area (Å²) >= 11 is 0. The first-order valence-corrected chi connectivity index (χ1v) is 7.05. The van der Waals surface area contributed by atoms with Gasteiger partial charge in [0.25, 0.3) is 0 Å². The molecule has 19 heavy (non-hydrogen) atoms. The Bertz CT molecular complexity index is 174. The van der Waals surface area contributed by atoms with E-state index >= 15 is 0 Å². The van der Waals surface area contributed by atoms with Crippen LogP contribution in [0.25, 0.3) is 0 Å². The first-order chi connectivity index (χ1) is 7.62. The van der Waals surface area contributed by atoms with E-state index in [0.717, 1.165) is 11.0 Å². The Hall–Kier alpha value is 0.240. The Morgan fingerprint density at radius 1 is 0.895 bits per heavy atom. The maximum absolute atomic E-state index is 3.82. The molecule has 3 N–H and O–H groups in total. The average Bonchev–Trinajstić information content (AvgIpc) is 2.22. The third kappa shape index (κ3) is 20.7. The zero-order valence-corrected chi connectivity index (χ0v) is 14.9. The molecule has 0 aromatic heterocycles. The summed E-state index contributed by atoms with van der Waals surface area (Å²) in [4.78, 5) is 0. The van der Waals surface area contributed by atoms with Crippen molar-refractivity contribution in [3.05, 3.63) is 12.7 Å². The first kappa shape index (κ1) is 27.6. The molecule has 0 fully saturated rings. The highest BCUT2D eigenvalue weighted by atomic mass is 35.5. The largest absolute Gasteiger partial charge is 1.00 e. The summed E-state index contributed by atoms with van der Waals surface area (Å²) in [5.41, 5.74) is 0. The number of rotatable bonds is 11. The molecule has 0 radical (unpaired) electrons. The molecular weight excluding hydrogens is 279 g/mol. The molecule has 0 aromatic rings. The predicted molar refractivity (Wildman–Crippen MR) is 86.9 cm³/mol. The van der Waals surface area contributed by atoms with Gasteiger partial charge in [0.05, 0.1) is 27.2 Å². The minimum atomic E-state index is 0. The van der Waals surface area contributed by atoms with Crippen LogP contribution >= 0.6 is 12.4 Å². The summed E-state index contributed by atoms with van der Waals surface area (Å²) < 4.78 is 1.10. The molecule has 0 bridgehead atoms. The number of quaternary nitrogens is 1. The molecule has 0 spiro atoms. The fourth-order valence-electron chi connectivity index (χ4n) is 2.11. The van der Waals surface area contributed by atoms with Gasteiger partial charge in [-0.2, -0.15) is 0 Å². The van der Waals surface area contributed by atoms with Crippen LogP contribution in [0.4, 0.5) is 0 Å². The van der Waals surface area contributed by atoms with Crippen molar-refractivity contribution in [2.24, 2.45) is 0 Å². The lowest BCUT2D eigenvalue weighted by molar-refractivity contribution is -0.884. The highest BCUT2D eigenvalue weighted by Crippen LogP contribution is 2.10. The van der Waals surface area contributed by atoms with E-state index in [1.165, 1.54) is 57.9 Å². The summed E-state index contributed by atoms with van der Waals surface area (Å²) in [6.45, 7) is 8.48. The minimum Gasteiger partial charge on any atom is -1.00 e. The SMILES string of the molecule is C=CC[N+](C)(C)CCCCCCCCCC.Cl.N.[Cl-]. The van der Waals surface area contributed by atoms with Crippen molar-refractivity contribution in [1.82, 2.24) is 6.15 Å². The minimum absolute atomic E-state index is 0. The Labute approximate surface area is 134 Å². The molecule has 0 atom stereocenters. The van der Waals surface area contributed by atoms with Crippen LogP contribution < -0.4 is 18.6 Å². The lowest BCUT2D eigenvalue weighted by atomic mass is 10.1. The fourth-order valence-corrected chi connectivity index (χ4v) is 2.11. The van der Waals surface area contributed by atoms with E-state index in [1.807, 2.05) is 6.08 Å². The second-order valence-corrected chi connectivity index (χ2v) is 5.61. The maximum Gasteiger partial charge on any atom is 0.0966 e. The lowest BCUT2D eigenvalue weighted by Gasteiger charge is -2.28. The van der Waals surface area contributed by atoms with Crippen molar-refractivity contribution in [2.45, 2.75) is 58.3 Å². The maximum atomic E-state index is 3.82. The molecule has 0 aliphatic heterocycles. The topological polar surface area (TPSA) is 35.0 Å². The van der Waals surface area contributed by atoms with E-state index in [1.54, 1.807) is 0 Å². The third-order valence-corrected chi connectivity index (χ3v) is 3.24. The quantitative estimate of drug-likeness (QED) is 0.353. The number of nitrogens with zero attached hydrogens (tertiary/aromatic N) is 1. The lowest BCUT2D eigenvalue weighted by Crippen LogP contribution is -3.00. The number of likely N-dealkylation sites (N-methyl/N-ethyl adjacent to an activating group) is 1. The average molecular weight is 315 g/mol. The van der Waals surface area contributed by atoms with Crippen LogP contribution in [0.1, 0.15) is 58.3 Å². The molecule has 0 aliphatic rings. The molecule has 0 heterocycles. The van der Waals surface area contributed by atoms with Crippen LogP contribution in [-0.4, -0.2) is 31.7 Å². The van der Waals surface area contributed by atoms with Crippen LogP contribution in [0, 0.1) is 0 Å². The van der Waals surface area contributed by atoms with Gasteiger partial charge < -0.3 is 23.0 Å². The molecule has 0 rings (SSSR count). The molecule has 0 amide bonds. The Kier molecular flexibility index (Phi) is 26.5. The monoisotopic (exact) mass is 314 g/mol. The first-order valence-electron chi connectivity index (χ1n) is 7.05. The highest BCUT2D eigenvalue weighted by molar-refractivity contribution is 5.85. The van der Waals surface area contributed by atoms with Crippen molar-refractivity contribution in [1.29, 1.82) is 0 Å². The molecular formula is C15H36Cl2N2. The van der Waals surface area contributed by atoms with Gasteiger partial charge in [-0.3, -0.25) is 0 Å². The molecule has 0 aromatic carbocycles. The van der Waals surface area contributed by atoms with Crippen molar-refractivity contribution >= 4 is 12.4 Å². The molecule has 0 unspecified atom stereocenters. The Morgan fingerprint density at radius 2 is 1.32 bits per heavy atom. The summed E-state index contributed by atoms with van der Waals surface area (Å²) in [6.07, 6.45) is 13.3. The normalized spacial score (nSPS) is 9.84. The number of hydrogen-bond acceptors (Lipinski definition) is 1. The second-order valence-electron chi connectivity index (χ2n) is 5.61. The molecule has 2 nitrogen and oxygen atoms in total. The van der Waals surface area contributed by atoms with Gasteiger partial charge in [-0.1, -0.05) is 52.0 Å². The van der Waals surface area contributed by atoms with Crippen molar-refractivity contribution in [3.8, 4) is 0 Å². The van der Waals surface area contributed by atoms with Gasteiger partial charge in [-0.25, -0.2) is 0 Å².